The summed E-state index contributed by atoms with van der Waals surface area (Å²) < 4.78 is 20.5. The minimum absolute atomic E-state index is 0.00279. The second-order valence-electron chi connectivity index (χ2n) is 9.63. The van der Waals surface area contributed by atoms with Crippen LogP contribution in [0.5, 0.6) is 0 Å². The third-order valence-electron chi connectivity index (χ3n) is 7.08. The Kier molecular flexibility index (Phi) is 6.61. The lowest BCUT2D eigenvalue weighted by atomic mass is 9.75. The van der Waals surface area contributed by atoms with Crippen LogP contribution in [0.4, 0.5) is 20.6 Å². The van der Waals surface area contributed by atoms with Crippen LogP contribution < -0.4 is 15.5 Å². The normalized spacial score (nSPS) is 30.0. The van der Waals surface area contributed by atoms with Crippen LogP contribution in [0.15, 0.2) is 18.2 Å². The highest BCUT2D eigenvalue weighted by Gasteiger charge is 2.52. The first kappa shape index (κ1) is 23.5. The average molecular weight is 461 g/mol. The molecule has 1 aromatic carbocycles. The van der Waals surface area contributed by atoms with E-state index in [9.17, 15) is 18.8 Å². The summed E-state index contributed by atoms with van der Waals surface area (Å²) in [4.78, 5) is 40.9. The minimum atomic E-state index is -0.886. The van der Waals surface area contributed by atoms with Gasteiger partial charge in [0.25, 0.3) is 5.91 Å². The predicted octanol–water partition coefficient (Wildman–Crippen LogP) is 3.27. The van der Waals surface area contributed by atoms with Crippen molar-refractivity contribution in [2.45, 2.75) is 70.6 Å². The number of imide groups is 1. The Bertz CT molecular complexity index is 921. The zero-order valence-electron chi connectivity index (χ0n) is 19.5. The Labute approximate surface area is 193 Å². The lowest BCUT2D eigenvalue weighted by Crippen LogP contribution is -2.49. The van der Waals surface area contributed by atoms with Crippen LogP contribution in [-0.4, -0.2) is 60.1 Å². The van der Waals surface area contributed by atoms with E-state index in [0.717, 1.165) is 24.2 Å². The third kappa shape index (κ3) is 4.83. The molecule has 2 unspecified atom stereocenters. The van der Waals surface area contributed by atoms with Crippen LogP contribution in [0.2, 0.25) is 0 Å². The van der Waals surface area contributed by atoms with Crippen LogP contribution in [0.3, 0.4) is 0 Å². The SMILES string of the molecule is CCC1CCC2(CC1)NC(=O)N(CC(=O)Nc1ccc(N3CC(C)OC(C)C3)c(F)c1)C2=O. The molecule has 0 radical (unpaired) electrons. The van der Waals surface area contributed by atoms with Crippen molar-refractivity contribution in [1.29, 1.82) is 0 Å². The van der Waals surface area contributed by atoms with Gasteiger partial charge in [-0.2, -0.15) is 0 Å². The van der Waals surface area contributed by atoms with Crippen molar-refractivity contribution in [2.24, 2.45) is 5.92 Å². The molecule has 2 atom stereocenters. The maximum absolute atomic E-state index is 14.8. The lowest BCUT2D eigenvalue weighted by Gasteiger charge is -2.37. The van der Waals surface area contributed by atoms with E-state index < -0.39 is 29.8 Å². The summed E-state index contributed by atoms with van der Waals surface area (Å²) in [5.41, 5.74) is -0.155. The number of rotatable bonds is 5. The first-order valence-electron chi connectivity index (χ1n) is 11.8. The summed E-state index contributed by atoms with van der Waals surface area (Å²) >= 11 is 0. The number of anilines is 2. The summed E-state index contributed by atoms with van der Waals surface area (Å²) in [6.07, 6.45) is 4.01. The predicted molar refractivity (Wildman–Crippen MR) is 122 cm³/mol. The smallest absolute Gasteiger partial charge is 0.325 e. The summed E-state index contributed by atoms with van der Waals surface area (Å²) in [6, 6.07) is 3.98. The van der Waals surface area contributed by atoms with Gasteiger partial charge in [0.2, 0.25) is 5.91 Å². The summed E-state index contributed by atoms with van der Waals surface area (Å²) in [5, 5.41) is 5.43. The van der Waals surface area contributed by atoms with Crippen molar-refractivity contribution in [1.82, 2.24) is 10.2 Å². The average Bonchev–Trinajstić information content (AvgIpc) is 2.97. The molecule has 1 aromatic rings. The second-order valence-corrected chi connectivity index (χ2v) is 9.63. The van der Waals surface area contributed by atoms with Gasteiger partial charge < -0.3 is 20.3 Å². The van der Waals surface area contributed by atoms with E-state index in [1.54, 1.807) is 12.1 Å². The topological polar surface area (TPSA) is 91.0 Å². The van der Waals surface area contributed by atoms with Gasteiger partial charge in [-0.05, 0) is 63.6 Å². The molecule has 1 aliphatic carbocycles. The first-order valence-corrected chi connectivity index (χ1v) is 11.8. The van der Waals surface area contributed by atoms with E-state index in [2.05, 4.69) is 17.6 Å². The number of nitrogens with one attached hydrogen (secondary N) is 2. The van der Waals surface area contributed by atoms with Crippen LogP contribution in [-0.2, 0) is 14.3 Å². The van der Waals surface area contributed by atoms with Gasteiger partial charge >= 0.3 is 6.03 Å². The van der Waals surface area contributed by atoms with Gasteiger partial charge in [0.15, 0.2) is 0 Å². The van der Waals surface area contributed by atoms with Crippen LogP contribution in [0.1, 0.15) is 52.9 Å². The lowest BCUT2D eigenvalue weighted by molar-refractivity contribution is -0.135. The molecule has 1 saturated carbocycles. The maximum Gasteiger partial charge on any atom is 0.325 e. The highest BCUT2D eigenvalue weighted by Crippen LogP contribution is 2.37. The molecule has 0 bridgehead atoms. The molecule has 8 nitrogen and oxygen atoms in total. The van der Waals surface area contributed by atoms with E-state index in [1.807, 2.05) is 18.7 Å². The molecule has 2 aliphatic heterocycles. The van der Waals surface area contributed by atoms with Crippen molar-refractivity contribution in [3.05, 3.63) is 24.0 Å². The van der Waals surface area contributed by atoms with E-state index in [1.165, 1.54) is 6.07 Å². The molecule has 4 rings (SSSR count). The Balaban J connectivity index is 1.37. The zero-order chi connectivity index (χ0) is 23.8. The Hall–Kier alpha value is -2.68. The number of carbonyl (C=O) groups excluding carboxylic acids is 3. The highest BCUT2D eigenvalue weighted by atomic mass is 19.1. The number of nitrogens with zero attached hydrogens (tertiary/aromatic N) is 2. The van der Waals surface area contributed by atoms with Crippen molar-refractivity contribution in [3.63, 3.8) is 0 Å². The van der Waals surface area contributed by atoms with Crippen molar-refractivity contribution < 1.29 is 23.5 Å². The first-order chi connectivity index (χ1) is 15.7. The molecular formula is C24H33FN4O4. The van der Waals surface area contributed by atoms with Crippen LogP contribution >= 0.6 is 0 Å². The quantitative estimate of drug-likeness (QED) is 0.658. The molecule has 180 valence electrons. The van der Waals surface area contributed by atoms with Gasteiger partial charge in [0.1, 0.15) is 17.9 Å². The molecule has 2 saturated heterocycles. The Morgan fingerprint density at radius 1 is 1.21 bits per heavy atom. The Morgan fingerprint density at radius 3 is 2.48 bits per heavy atom. The Morgan fingerprint density at radius 2 is 1.88 bits per heavy atom. The zero-order valence-corrected chi connectivity index (χ0v) is 19.5. The van der Waals surface area contributed by atoms with Crippen LogP contribution in [0, 0.1) is 11.7 Å². The maximum atomic E-state index is 14.8. The van der Waals surface area contributed by atoms with Gasteiger partial charge in [-0.1, -0.05) is 13.3 Å². The van der Waals surface area contributed by atoms with Crippen LogP contribution in [0.25, 0.3) is 0 Å². The molecule has 3 fully saturated rings. The molecule has 9 heteroatoms. The third-order valence-corrected chi connectivity index (χ3v) is 7.08. The van der Waals surface area contributed by atoms with Gasteiger partial charge in [0, 0.05) is 18.8 Å². The number of benzene rings is 1. The van der Waals surface area contributed by atoms with E-state index >= 15 is 0 Å². The van der Waals surface area contributed by atoms with Crippen molar-refractivity contribution in [2.75, 3.05) is 29.9 Å². The van der Waals surface area contributed by atoms with Crippen molar-refractivity contribution >= 4 is 29.2 Å². The number of hydrogen-bond acceptors (Lipinski definition) is 5. The number of ether oxygens (including phenoxy) is 1. The molecule has 1 spiro atoms. The number of halogens is 1. The fourth-order valence-corrected chi connectivity index (χ4v) is 5.30. The summed E-state index contributed by atoms with van der Waals surface area (Å²) in [5.74, 6) is -0.761. The summed E-state index contributed by atoms with van der Waals surface area (Å²) in [6.45, 7) is 6.80. The van der Waals surface area contributed by atoms with Gasteiger partial charge in [-0.25, -0.2) is 9.18 Å². The standard InChI is InChI=1S/C24H33FN4O4/c1-4-17-7-9-24(10-8-17)22(31)29(23(32)27-24)14-21(30)26-18-5-6-20(19(25)11-18)28-12-15(2)33-16(3)13-28/h5-6,11,15-17H,4,7-10,12-14H2,1-3H3,(H,26,30)(H,27,32). The van der Waals surface area contributed by atoms with Gasteiger partial charge in [0.05, 0.1) is 17.9 Å². The van der Waals surface area contributed by atoms with Crippen molar-refractivity contribution in [3.8, 4) is 0 Å². The monoisotopic (exact) mass is 460 g/mol. The number of urea groups is 1. The molecular weight excluding hydrogens is 427 g/mol. The molecule has 4 amide bonds. The molecule has 2 N–H and O–H groups in total. The largest absolute Gasteiger partial charge is 0.372 e. The molecule has 0 aromatic heterocycles. The fraction of sp³-hybridized carbons (Fsp3) is 0.625. The molecule has 3 aliphatic rings. The molecule has 33 heavy (non-hydrogen) atoms. The van der Waals surface area contributed by atoms with E-state index in [0.29, 0.717) is 37.5 Å². The summed E-state index contributed by atoms with van der Waals surface area (Å²) in [7, 11) is 0. The van der Waals surface area contributed by atoms with E-state index in [4.69, 9.17) is 4.74 Å². The second kappa shape index (κ2) is 9.29. The van der Waals surface area contributed by atoms with E-state index in [-0.39, 0.29) is 23.8 Å². The fourth-order valence-electron chi connectivity index (χ4n) is 5.30. The van der Waals surface area contributed by atoms with Gasteiger partial charge in [-0.15, -0.1) is 0 Å². The number of amides is 4. The minimum Gasteiger partial charge on any atom is -0.372 e. The number of carbonyl (C=O) groups is 3. The number of hydrogen-bond donors (Lipinski definition) is 2. The highest BCUT2D eigenvalue weighted by molar-refractivity contribution is 6.10. The molecule has 2 heterocycles. The number of morpholine rings is 1. The van der Waals surface area contributed by atoms with Gasteiger partial charge in [-0.3, -0.25) is 14.5 Å².